The summed E-state index contributed by atoms with van der Waals surface area (Å²) in [5, 5.41) is 2.96. The van der Waals surface area contributed by atoms with Crippen LogP contribution in [0.1, 0.15) is 20.3 Å². The van der Waals surface area contributed by atoms with E-state index in [9.17, 15) is 4.79 Å². The fraction of sp³-hybridized carbons (Fsp3) is 0.600. The molecule has 1 aliphatic rings. The first kappa shape index (κ1) is 15.6. The van der Waals surface area contributed by atoms with Crippen LogP contribution in [0, 0.1) is 0 Å². The molecule has 0 radical (unpaired) electrons. The van der Waals surface area contributed by atoms with Gasteiger partial charge in [-0.25, -0.2) is 4.98 Å². The monoisotopic (exact) mass is 291 g/mol. The molecule has 6 heteroatoms. The van der Waals surface area contributed by atoms with Gasteiger partial charge in [-0.2, -0.15) is 0 Å². The highest BCUT2D eigenvalue weighted by Crippen LogP contribution is 2.15. The number of carbonyl (C=O) groups excluding carboxylic acids is 1. The summed E-state index contributed by atoms with van der Waals surface area (Å²) in [4.78, 5) is 20.8. The lowest BCUT2D eigenvalue weighted by Gasteiger charge is -2.38. The van der Waals surface area contributed by atoms with Crippen molar-refractivity contribution in [1.29, 1.82) is 0 Å². The Kier molecular flexibility index (Phi) is 5.38. The Balaban J connectivity index is 1.85. The van der Waals surface area contributed by atoms with Gasteiger partial charge < -0.3 is 16.0 Å². The van der Waals surface area contributed by atoms with Crippen LogP contribution in [0.3, 0.4) is 0 Å². The number of nitrogens with two attached hydrogens (primary N) is 1. The number of piperazine rings is 1. The Morgan fingerprint density at radius 2 is 2.10 bits per heavy atom. The van der Waals surface area contributed by atoms with Gasteiger partial charge in [-0.05, 0) is 25.5 Å². The van der Waals surface area contributed by atoms with Crippen LogP contribution < -0.4 is 16.0 Å². The average molecular weight is 291 g/mol. The van der Waals surface area contributed by atoms with Gasteiger partial charge in [0.2, 0.25) is 5.91 Å². The van der Waals surface area contributed by atoms with Gasteiger partial charge in [-0.3, -0.25) is 9.69 Å². The Morgan fingerprint density at radius 1 is 1.38 bits per heavy atom. The fourth-order valence-corrected chi connectivity index (χ4v) is 2.48. The van der Waals surface area contributed by atoms with E-state index in [0.29, 0.717) is 5.69 Å². The summed E-state index contributed by atoms with van der Waals surface area (Å²) in [5.41, 5.74) is 6.34. The summed E-state index contributed by atoms with van der Waals surface area (Å²) in [6, 6.07) is 3.75. The fourth-order valence-electron chi connectivity index (χ4n) is 2.48. The zero-order valence-corrected chi connectivity index (χ0v) is 12.9. The first-order valence-electron chi connectivity index (χ1n) is 7.60. The van der Waals surface area contributed by atoms with Crippen LogP contribution >= 0.6 is 0 Å². The summed E-state index contributed by atoms with van der Waals surface area (Å²) >= 11 is 0. The smallest absolute Gasteiger partial charge is 0.237 e. The van der Waals surface area contributed by atoms with Gasteiger partial charge >= 0.3 is 0 Å². The first-order chi connectivity index (χ1) is 10.1. The number of hydrogen-bond donors (Lipinski definition) is 2. The largest absolute Gasteiger partial charge is 0.397 e. The minimum Gasteiger partial charge on any atom is -0.397 e. The van der Waals surface area contributed by atoms with Gasteiger partial charge in [0.05, 0.1) is 17.9 Å². The molecule has 116 valence electrons. The van der Waals surface area contributed by atoms with E-state index < -0.39 is 0 Å². The molecule has 1 aromatic heterocycles. The third-order valence-corrected chi connectivity index (χ3v) is 3.89. The first-order valence-corrected chi connectivity index (χ1v) is 7.60. The summed E-state index contributed by atoms with van der Waals surface area (Å²) in [7, 11) is 0. The van der Waals surface area contributed by atoms with Crippen molar-refractivity contribution >= 4 is 17.4 Å². The van der Waals surface area contributed by atoms with Gasteiger partial charge in [0.15, 0.2) is 0 Å². The van der Waals surface area contributed by atoms with Gasteiger partial charge in [-0.15, -0.1) is 0 Å². The molecule has 1 unspecified atom stereocenters. The summed E-state index contributed by atoms with van der Waals surface area (Å²) in [6.07, 6.45) is 2.65. The Labute approximate surface area is 126 Å². The van der Waals surface area contributed by atoms with Crippen molar-refractivity contribution in [2.24, 2.45) is 0 Å². The van der Waals surface area contributed by atoms with Crippen LogP contribution in [0.25, 0.3) is 0 Å². The molecule has 0 aromatic carbocycles. The highest BCUT2D eigenvalue weighted by Gasteiger charge is 2.25. The lowest BCUT2D eigenvalue weighted by atomic mass is 10.2. The summed E-state index contributed by atoms with van der Waals surface area (Å²) in [5.74, 6) is 1.07. The second-order valence-corrected chi connectivity index (χ2v) is 5.44. The molecule has 0 bridgehead atoms. The average Bonchev–Trinajstić information content (AvgIpc) is 2.53. The number of carbonyl (C=O) groups is 1. The highest BCUT2D eigenvalue weighted by atomic mass is 16.2. The minimum atomic E-state index is -0.0712. The number of nitrogens with one attached hydrogen (secondary N) is 1. The molecule has 1 aromatic rings. The second-order valence-electron chi connectivity index (χ2n) is 5.44. The van der Waals surface area contributed by atoms with E-state index in [-0.39, 0.29) is 11.9 Å². The van der Waals surface area contributed by atoms with Gasteiger partial charge in [0.25, 0.3) is 0 Å². The van der Waals surface area contributed by atoms with Crippen LogP contribution in [0.15, 0.2) is 18.3 Å². The number of aromatic nitrogens is 1. The number of nitrogens with zero attached hydrogens (tertiary/aromatic N) is 3. The molecule has 1 atom stereocenters. The number of amides is 1. The normalized spacial score (nSPS) is 17.5. The lowest BCUT2D eigenvalue weighted by Crippen LogP contribution is -2.54. The maximum absolute atomic E-state index is 12.0. The quantitative estimate of drug-likeness (QED) is 0.835. The van der Waals surface area contributed by atoms with E-state index in [0.717, 1.165) is 45.0 Å². The van der Waals surface area contributed by atoms with E-state index in [2.05, 4.69) is 27.0 Å². The molecule has 0 saturated carbocycles. The molecule has 6 nitrogen and oxygen atoms in total. The number of anilines is 2. The molecule has 3 N–H and O–H groups in total. The summed E-state index contributed by atoms with van der Waals surface area (Å²) in [6.45, 7) is 8.27. The van der Waals surface area contributed by atoms with E-state index in [1.54, 1.807) is 6.20 Å². The standard InChI is InChI=1S/C15H25N5O/c1-3-6-17-15(21)12(2)19-7-9-20(10-8-19)14-5-4-13(16)11-18-14/h4-5,11-12H,3,6-10,16H2,1-2H3,(H,17,21). The predicted octanol–water partition coefficient (Wildman–Crippen LogP) is 0.701. The van der Waals surface area contributed by atoms with Crippen molar-refractivity contribution in [2.75, 3.05) is 43.4 Å². The summed E-state index contributed by atoms with van der Waals surface area (Å²) < 4.78 is 0. The third kappa shape index (κ3) is 4.07. The van der Waals surface area contributed by atoms with Crippen molar-refractivity contribution in [1.82, 2.24) is 15.2 Å². The lowest BCUT2D eigenvalue weighted by molar-refractivity contribution is -0.126. The Morgan fingerprint density at radius 3 is 2.67 bits per heavy atom. The molecule has 1 fully saturated rings. The molecule has 21 heavy (non-hydrogen) atoms. The third-order valence-electron chi connectivity index (χ3n) is 3.89. The van der Waals surface area contributed by atoms with Crippen LogP contribution in [0.5, 0.6) is 0 Å². The molecule has 1 saturated heterocycles. The van der Waals surface area contributed by atoms with E-state index >= 15 is 0 Å². The molecule has 1 aliphatic heterocycles. The maximum Gasteiger partial charge on any atom is 0.237 e. The maximum atomic E-state index is 12.0. The highest BCUT2D eigenvalue weighted by molar-refractivity contribution is 5.81. The van der Waals surface area contributed by atoms with Crippen LogP contribution in [0.2, 0.25) is 0 Å². The Bertz CT molecular complexity index is 454. The van der Waals surface area contributed by atoms with E-state index in [1.807, 2.05) is 19.1 Å². The van der Waals surface area contributed by atoms with E-state index in [4.69, 9.17) is 5.73 Å². The minimum absolute atomic E-state index is 0.0712. The van der Waals surface area contributed by atoms with Gasteiger partial charge in [0, 0.05) is 32.7 Å². The number of rotatable bonds is 5. The zero-order valence-electron chi connectivity index (χ0n) is 12.9. The Hall–Kier alpha value is -1.82. The van der Waals surface area contributed by atoms with Crippen molar-refractivity contribution in [3.8, 4) is 0 Å². The molecular weight excluding hydrogens is 266 g/mol. The molecule has 2 rings (SSSR count). The van der Waals surface area contributed by atoms with Crippen LogP contribution in [0.4, 0.5) is 11.5 Å². The van der Waals surface area contributed by atoms with Gasteiger partial charge in [0.1, 0.15) is 5.82 Å². The predicted molar refractivity (Wildman–Crippen MR) is 85.2 cm³/mol. The molecule has 0 aliphatic carbocycles. The van der Waals surface area contributed by atoms with E-state index in [1.165, 1.54) is 0 Å². The number of hydrogen-bond acceptors (Lipinski definition) is 5. The number of nitrogen functional groups attached to an aromatic ring is 1. The van der Waals surface area contributed by atoms with Crippen LogP contribution in [-0.4, -0.2) is 54.6 Å². The molecule has 2 heterocycles. The van der Waals surface area contributed by atoms with Crippen molar-refractivity contribution in [2.45, 2.75) is 26.3 Å². The van der Waals surface area contributed by atoms with Crippen molar-refractivity contribution < 1.29 is 4.79 Å². The molecule has 1 amide bonds. The van der Waals surface area contributed by atoms with Crippen molar-refractivity contribution in [3.63, 3.8) is 0 Å². The SMILES string of the molecule is CCCNC(=O)C(C)N1CCN(c2ccc(N)cn2)CC1. The topological polar surface area (TPSA) is 74.5 Å². The molecular formula is C15H25N5O. The number of pyridine rings is 1. The van der Waals surface area contributed by atoms with Crippen LogP contribution in [-0.2, 0) is 4.79 Å². The second kappa shape index (κ2) is 7.26. The van der Waals surface area contributed by atoms with Crippen molar-refractivity contribution in [3.05, 3.63) is 18.3 Å². The zero-order chi connectivity index (χ0) is 15.2. The van der Waals surface area contributed by atoms with Gasteiger partial charge in [-0.1, -0.05) is 6.92 Å². The molecule has 0 spiro atoms.